The van der Waals surface area contributed by atoms with Gasteiger partial charge in [-0.1, -0.05) is 24.6 Å². The van der Waals surface area contributed by atoms with E-state index in [4.69, 9.17) is 4.74 Å². The average molecular weight is 325 g/mol. The molecule has 1 aliphatic rings. The Morgan fingerprint density at radius 1 is 1.25 bits per heavy atom. The Bertz CT molecular complexity index is 675. The summed E-state index contributed by atoms with van der Waals surface area (Å²) in [5, 5.41) is 2.95. The molecule has 0 saturated carbocycles. The molecule has 1 aromatic carbocycles. The van der Waals surface area contributed by atoms with Crippen LogP contribution in [0.15, 0.2) is 48.7 Å². The number of para-hydroxylation sites is 2. The molecule has 2 heterocycles. The van der Waals surface area contributed by atoms with E-state index in [0.29, 0.717) is 18.0 Å². The summed E-state index contributed by atoms with van der Waals surface area (Å²) in [5.74, 6) is 0.646. The van der Waals surface area contributed by atoms with Gasteiger partial charge in [-0.25, -0.2) is 0 Å². The van der Waals surface area contributed by atoms with Gasteiger partial charge in [-0.15, -0.1) is 0 Å². The fourth-order valence-electron chi connectivity index (χ4n) is 3.21. The number of nitrogens with zero attached hydrogens (tertiary/aromatic N) is 2. The number of amides is 1. The summed E-state index contributed by atoms with van der Waals surface area (Å²) in [7, 11) is 1.60. The van der Waals surface area contributed by atoms with Crippen LogP contribution in [-0.4, -0.2) is 36.0 Å². The van der Waals surface area contributed by atoms with Crippen LogP contribution >= 0.6 is 0 Å². The molecule has 1 amide bonds. The minimum atomic E-state index is -0.0256. The quantitative estimate of drug-likeness (QED) is 0.917. The van der Waals surface area contributed by atoms with Gasteiger partial charge in [0.1, 0.15) is 5.75 Å². The highest BCUT2D eigenvalue weighted by Crippen LogP contribution is 2.29. The van der Waals surface area contributed by atoms with Gasteiger partial charge >= 0.3 is 0 Å². The minimum absolute atomic E-state index is 0.0256. The van der Waals surface area contributed by atoms with Crippen molar-refractivity contribution in [1.29, 1.82) is 0 Å². The van der Waals surface area contributed by atoms with Crippen molar-refractivity contribution in [2.45, 2.75) is 25.3 Å². The molecule has 0 aliphatic carbocycles. The lowest BCUT2D eigenvalue weighted by atomic mass is 9.99. The van der Waals surface area contributed by atoms with Gasteiger partial charge in [0, 0.05) is 6.20 Å². The van der Waals surface area contributed by atoms with Crippen LogP contribution in [-0.2, 0) is 4.79 Å². The molecule has 1 aromatic heterocycles. The molecule has 1 fully saturated rings. The maximum atomic E-state index is 12.5. The number of pyridine rings is 1. The molecular weight excluding hydrogens is 302 g/mol. The number of carbonyl (C=O) groups excluding carboxylic acids is 1. The Labute approximate surface area is 142 Å². The number of methoxy groups -OCH3 is 1. The van der Waals surface area contributed by atoms with E-state index >= 15 is 0 Å². The van der Waals surface area contributed by atoms with Crippen LogP contribution in [0.25, 0.3) is 0 Å². The normalized spacial score (nSPS) is 18.1. The zero-order chi connectivity index (χ0) is 16.8. The molecule has 24 heavy (non-hydrogen) atoms. The molecule has 1 N–H and O–H groups in total. The number of aromatic nitrogens is 1. The van der Waals surface area contributed by atoms with Crippen molar-refractivity contribution in [3.8, 4) is 5.75 Å². The summed E-state index contributed by atoms with van der Waals surface area (Å²) >= 11 is 0. The summed E-state index contributed by atoms with van der Waals surface area (Å²) in [6.45, 7) is 1.28. The second-order valence-corrected chi connectivity index (χ2v) is 5.99. The molecule has 126 valence electrons. The van der Waals surface area contributed by atoms with Gasteiger partial charge in [0.2, 0.25) is 5.91 Å². The van der Waals surface area contributed by atoms with Crippen LogP contribution in [0, 0.1) is 0 Å². The van der Waals surface area contributed by atoms with Gasteiger partial charge in [0.15, 0.2) is 0 Å². The molecule has 1 saturated heterocycles. The van der Waals surface area contributed by atoms with Gasteiger partial charge in [0.05, 0.1) is 31.1 Å². The number of nitrogens with one attached hydrogen (secondary N) is 1. The predicted molar refractivity (Wildman–Crippen MR) is 94.0 cm³/mol. The zero-order valence-corrected chi connectivity index (χ0v) is 13.9. The molecule has 0 spiro atoms. The lowest BCUT2D eigenvalue weighted by Gasteiger charge is -2.34. The number of likely N-dealkylation sites (tertiary alicyclic amines) is 1. The first-order valence-electron chi connectivity index (χ1n) is 8.36. The first-order valence-corrected chi connectivity index (χ1v) is 8.36. The number of piperidine rings is 1. The van der Waals surface area contributed by atoms with Gasteiger partial charge in [0.25, 0.3) is 0 Å². The first kappa shape index (κ1) is 16.5. The fraction of sp³-hybridized carbons (Fsp3) is 0.368. The van der Waals surface area contributed by atoms with E-state index in [1.807, 2.05) is 48.7 Å². The molecule has 3 rings (SSSR count). The van der Waals surface area contributed by atoms with Crippen molar-refractivity contribution in [2.75, 3.05) is 25.5 Å². The van der Waals surface area contributed by atoms with Gasteiger partial charge in [-0.05, 0) is 43.7 Å². The van der Waals surface area contributed by atoms with E-state index in [-0.39, 0.29) is 11.9 Å². The third-order valence-corrected chi connectivity index (χ3v) is 4.37. The van der Waals surface area contributed by atoms with Crippen molar-refractivity contribution in [1.82, 2.24) is 9.88 Å². The molecule has 5 nitrogen and oxygen atoms in total. The van der Waals surface area contributed by atoms with E-state index in [0.717, 1.165) is 25.1 Å². The van der Waals surface area contributed by atoms with E-state index in [9.17, 15) is 4.79 Å². The van der Waals surface area contributed by atoms with E-state index < -0.39 is 0 Å². The molecular formula is C19H23N3O2. The van der Waals surface area contributed by atoms with Crippen LogP contribution in [0.3, 0.4) is 0 Å². The molecule has 2 aromatic rings. The number of rotatable bonds is 5. The molecule has 1 atom stereocenters. The summed E-state index contributed by atoms with van der Waals surface area (Å²) in [6, 6.07) is 13.6. The van der Waals surface area contributed by atoms with Gasteiger partial charge in [-0.2, -0.15) is 0 Å². The number of hydrogen-bond donors (Lipinski definition) is 1. The summed E-state index contributed by atoms with van der Waals surface area (Å²) < 4.78 is 5.29. The highest BCUT2D eigenvalue weighted by molar-refractivity contribution is 5.93. The molecule has 0 radical (unpaired) electrons. The number of carbonyl (C=O) groups is 1. The van der Waals surface area contributed by atoms with Crippen molar-refractivity contribution in [3.63, 3.8) is 0 Å². The molecule has 0 bridgehead atoms. The van der Waals surface area contributed by atoms with Crippen LogP contribution in [0.5, 0.6) is 5.75 Å². The van der Waals surface area contributed by atoms with Gasteiger partial charge in [-0.3, -0.25) is 14.7 Å². The topological polar surface area (TPSA) is 54.5 Å². The lowest BCUT2D eigenvalue weighted by molar-refractivity contribution is -0.118. The maximum Gasteiger partial charge on any atom is 0.238 e. The van der Waals surface area contributed by atoms with Crippen LogP contribution in [0.4, 0.5) is 5.69 Å². The van der Waals surface area contributed by atoms with Crippen LogP contribution in [0.1, 0.15) is 31.0 Å². The Kier molecular flexibility index (Phi) is 5.43. The Morgan fingerprint density at radius 2 is 2.08 bits per heavy atom. The number of hydrogen-bond acceptors (Lipinski definition) is 4. The van der Waals surface area contributed by atoms with Crippen molar-refractivity contribution < 1.29 is 9.53 Å². The fourth-order valence-corrected chi connectivity index (χ4v) is 3.21. The standard InChI is InChI=1S/C19H23N3O2/c1-24-18-11-3-2-9-16(18)21-19(23)14-22-13-7-5-10-17(22)15-8-4-6-12-20-15/h2-4,6,8-9,11-12,17H,5,7,10,13-14H2,1H3,(H,21,23). The number of ether oxygens (including phenoxy) is 1. The zero-order valence-electron chi connectivity index (χ0n) is 13.9. The van der Waals surface area contributed by atoms with Gasteiger partial charge < -0.3 is 10.1 Å². The third kappa shape index (κ3) is 3.92. The van der Waals surface area contributed by atoms with E-state index in [1.165, 1.54) is 6.42 Å². The predicted octanol–water partition coefficient (Wildman–Crippen LogP) is 3.26. The van der Waals surface area contributed by atoms with Crippen LogP contribution < -0.4 is 10.1 Å². The maximum absolute atomic E-state index is 12.5. The summed E-state index contributed by atoms with van der Waals surface area (Å²) in [6.07, 6.45) is 5.15. The largest absolute Gasteiger partial charge is 0.495 e. The number of benzene rings is 1. The smallest absolute Gasteiger partial charge is 0.238 e. The number of anilines is 1. The highest BCUT2D eigenvalue weighted by atomic mass is 16.5. The minimum Gasteiger partial charge on any atom is -0.495 e. The average Bonchev–Trinajstić information content (AvgIpc) is 2.63. The lowest BCUT2D eigenvalue weighted by Crippen LogP contribution is -2.39. The van der Waals surface area contributed by atoms with Crippen LogP contribution in [0.2, 0.25) is 0 Å². The van der Waals surface area contributed by atoms with Crippen molar-refractivity contribution in [3.05, 3.63) is 54.4 Å². The van der Waals surface area contributed by atoms with E-state index in [1.54, 1.807) is 7.11 Å². The van der Waals surface area contributed by atoms with E-state index in [2.05, 4.69) is 15.2 Å². The van der Waals surface area contributed by atoms with Crippen molar-refractivity contribution >= 4 is 11.6 Å². The second kappa shape index (κ2) is 7.93. The summed E-state index contributed by atoms with van der Waals surface area (Å²) in [5.41, 5.74) is 1.75. The monoisotopic (exact) mass is 325 g/mol. The summed E-state index contributed by atoms with van der Waals surface area (Å²) in [4.78, 5) is 19.2. The SMILES string of the molecule is COc1ccccc1NC(=O)CN1CCCCC1c1ccccn1. The Hall–Kier alpha value is -2.40. The molecule has 5 heteroatoms. The molecule has 1 aliphatic heterocycles. The Balaban J connectivity index is 1.68. The third-order valence-electron chi connectivity index (χ3n) is 4.37. The second-order valence-electron chi connectivity index (χ2n) is 5.99. The Morgan fingerprint density at radius 3 is 2.88 bits per heavy atom. The highest BCUT2D eigenvalue weighted by Gasteiger charge is 2.26. The van der Waals surface area contributed by atoms with Crippen molar-refractivity contribution in [2.24, 2.45) is 0 Å². The first-order chi connectivity index (χ1) is 11.8. The molecule has 1 unspecified atom stereocenters.